The second-order valence-corrected chi connectivity index (χ2v) is 7.98. The van der Waals surface area contributed by atoms with Gasteiger partial charge in [-0.15, -0.1) is 0 Å². The van der Waals surface area contributed by atoms with Gasteiger partial charge in [0.1, 0.15) is 0 Å². The van der Waals surface area contributed by atoms with Crippen molar-refractivity contribution in [1.29, 1.82) is 0 Å². The molecule has 7 heteroatoms. The average Bonchev–Trinajstić information content (AvgIpc) is 3.03. The SMILES string of the molecule is CC(C)OC(=O)N1CCc2nc(N3C4CCC3CNC4)sc2C1. The van der Waals surface area contributed by atoms with E-state index in [1.54, 1.807) is 16.2 Å². The maximum atomic E-state index is 12.1. The monoisotopic (exact) mass is 336 g/mol. The van der Waals surface area contributed by atoms with Crippen LogP contribution >= 0.6 is 11.3 Å². The van der Waals surface area contributed by atoms with Crippen LogP contribution < -0.4 is 10.2 Å². The fraction of sp³-hybridized carbons (Fsp3) is 0.750. The maximum Gasteiger partial charge on any atom is 0.410 e. The predicted molar refractivity (Wildman–Crippen MR) is 90.0 cm³/mol. The van der Waals surface area contributed by atoms with E-state index in [2.05, 4.69) is 10.2 Å². The lowest BCUT2D eigenvalue weighted by atomic mass is 10.2. The predicted octanol–water partition coefficient (Wildman–Crippen LogP) is 1.99. The van der Waals surface area contributed by atoms with Gasteiger partial charge in [0, 0.05) is 43.0 Å². The molecule has 2 bridgehead atoms. The van der Waals surface area contributed by atoms with Crippen molar-refractivity contribution in [2.45, 2.75) is 57.8 Å². The van der Waals surface area contributed by atoms with Crippen LogP contribution in [0.2, 0.25) is 0 Å². The third kappa shape index (κ3) is 2.80. The van der Waals surface area contributed by atoms with E-state index in [0.717, 1.165) is 24.6 Å². The van der Waals surface area contributed by atoms with Crippen LogP contribution in [-0.4, -0.2) is 53.8 Å². The molecule has 23 heavy (non-hydrogen) atoms. The van der Waals surface area contributed by atoms with Gasteiger partial charge in [0.2, 0.25) is 0 Å². The lowest BCUT2D eigenvalue weighted by Gasteiger charge is -2.35. The Bertz CT molecular complexity index is 587. The Labute approximate surface area is 140 Å². The number of anilines is 1. The number of thiazole rings is 1. The molecule has 0 aliphatic carbocycles. The summed E-state index contributed by atoms with van der Waals surface area (Å²) in [4.78, 5) is 22.6. The van der Waals surface area contributed by atoms with Gasteiger partial charge in [-0.1, -0.05) is 11.3 Å². The Balaban J connectivity index is 1.51. The summed E-state index contributed by atoms with van der Waals surface area (Å²) in [5.41, 5.74) is 1.18. The van der Waals surface area contributed by atoms with Crippen molar-refractivity contribution in [3.8, 4) is 0 Å². The molecule has 0 aromatic carbocycles. The van der Waals surface area contributed by atoms with Crippen molar-refractivity contribution >= 4 is 22.6 Å². The summed E-state index contributed by atoms with van der Waals surface area (Å²) >= 11 is 1.77. The molecule has 1 aromatic heterocycles. The smallest absolute Gasteiger partial charge is 0.410 e. The number of hydrogen-bond donors (Lipinski definition) is 1. The third-order valence-electron chi connectivity index (χ3n) is 4.92. The highest BCUT2D eigenvalue weighted by Crippen LogP contribution is 2.38. The van der Waals surface area contributed by atoms with E-state index in [1.807, 2.05) is 13.8 Å². The van der Waals surface area contributed by atoms with Crippen molar-refractivity contribution in [1.82, 2.24) is 15.2 Å². The summed E-state index contributed by atoms with van der Waals surface area (Å²) in [6, 6.07) is 1.17. The molecule has 0 spiro atoms. The van der Waals surface area contributed by atoms with Gasteiger partial charge >= 0.3 is 6.09 Å². The van der Waals surface area contributed by atoms with Crippen molar-refractivity contribution in [2.75, 3.05) is 24.5 Å². The van der Waals surface area contributed by atoms with Crippen molar-refractivity contribution in [2.24, 2.45) is 0 Å². The number of piperazine rings is 1. The summed E-state index contributed by atoms with van der Waals surface area (Å²) in [6.45, 7) is 7.24. The maximum absolute atomic E-state index is 12.1. The minimum Gasteiger partial charge on any atom is -0.447 e. The van der Waals surface area contributed by atoms with Crippen LogP contribution in [0.25, 0.3) is 0 Å². The van der Waals surface area contributed by atoms with E-state index >= 15 is 0 Å². The van der Waals surface area contributed by atoms with Crippen molar-refractivity contribution in [3.05, 3.63) is 10.6 Å². The van der Waals surface area contributed by atoms with Gasteiger partial charge in [0.15, 0.2) is 5.13 Å². The first-order valence-corrected chi connectivity index (χ1v) is 9.36. The molecule has 2 fully saturated rings. The molecule has 1 aromatic rings. The van der Waals surface area contributed by atoms with Gasteiger partial charge in [-0.2, -0.15) is 0 Å². The van der Waals surface area contributed by atoms with Crippen molar-refractivity contribution in [3.63, 3.8) is 0 Å². The normalized spacial score (nSPS) is 26.6. The minimum atomic E-state index is -0.206. The summed E-state index contributed by atoms with van der Waals surface area (Å²) in [5.74, 6) is 0. The number of nitrogens with one attached hydrogen (secondary N) is 1. The van der Waals surface area contributed by atoms with Crippen LogP contribution in [0.4, 0.5) is 9.93 Å². The fourth-order valence-corrected chi connectivity index (χ4v) is 5.08. The summed E-state index contributed by atoms with van der Waals surface area (Å²) < 4.78 is 5.32. The molecule has 3 aliphatic rings. The number of ether oxygens (including phenoxy) is 1. The lowest BCUT2D eigenvalue weighted by molar-refractivity contribution is 0.0732. The van der Waals surface area contributed by atoms with E-state index in [4.69, 9.17) is 9.72 Å². The van der Waals surface area contributed by atoms with E-state index in [0.29, 0.717) is 25.2 Å². The van der Waals surface area contributed by atoms with Gasteiger partial charge < -0.3 is 19.9 Å². The van der Waals surface area contributed by atoms with Gasteiger partial charge in [-0.3, -0.25) is 0 Å². The highest BCUT2D eigenvalue weighted by Gasteiger charge is 2.39. The van der Waals surface area contributed by atoms with Gasteiger partial charge in [-0.05, 0) is 26.7 Å². The number of hydrogen-bond acceptors (Lipinski definition) is 6. The second kappa shape index (κ2) is 5.94. The number of amides is 1. The Morgan fingerprint density at radius 3 is 2.78 bits per heavy atom. The molecule has 0 saturated carbocycles. The van der Waals surface area contributed by atoms with Crippen LogP contribution in [0.3, 0.4) is 0 Å². The highest BCUT2D eigenvalue weighted by atomic mass is 32.1. The molecular formula is C16H24N4O2S. The highest BCUT2D eigenvalue weighted by molar-refractivity contribution is 7.15. The Kier molecular flexibility index (Phi) is 3.93. The molecule has 4 heterocycles. The van der Waals surface area contributed by atoms with Crippen LogP contribution in [0.1, 0.15) is 37.3 Å². The molecule has 1 amide bonds. The molecule has 4 rings (SSSR count). The van der Waals surface area contributed by atoms with Gasteiger partial charge in [0.25, 0.3) is 0 Å². The zero-order valence-corrected chi connectivity index (χ0v) is 14.6. The van der Waals surface area contributed by atoms with Crippen LogP contribution in [0.5, 0.6) is 0 Å². The summed E-state index contributed by atoms with van der Waals surface area (Å²) in [5, 5.41) is 4.67. The quantitative estimate of drug-likeness (QED) is 0.895. The Morgan fingerprint density at radius 2 is 2.09 bits per heavy atom. The Hall–Kier alpha value is -1.34. The van der Waals surface area contributed by atoms with Crippen LogP contribution in [0.15, 0.2) is 0 Å². The molecular weight excluding hydrogens is 312 g/mol. The second-order valence-electron chi connectivity index (χ2n) is 6.92. The van der Waals surface area contributed by atoms with Crippen LogP contribution in [0, 0.1) is 0 Å². The number of fused-ring (bicyclic) bond motifs is 3. The zero-order valence-electron chi connectivity index (χ0n) is 13.7. The minimum absolute atomic E-state index is 0.0719. The van der Waals surface area contributed by atoms with E-state index in [1.165, 1.54) is 23.4 Å². The molecule has 6 nitrogen and oxygen atoms in total. The number of carbonyl (C=O) groups excluding carboxylic acids is 1. The largest absolute Gasteiger partial charge is 0.447 e. The Morgan fingerprint density at radius 1 is 1.35 bits per heavy atom. The van der Waals surface area contributed by atoms with Gasteiger partial charge in [-0.25, -0.2) is 9.78 Å². The first-order chi connectivity index (χ1) is 11.1. The van der Waals surface area contributed by atoms with E-state index < -0.39 is 0 Å². The zero-order chi connectivity index (χ0) is 16.0. The summed E-state index contributed by atoms with van der Waals surface area (Å²) in [6.07, 6.45) is 3.07. The standard InChI is InChI=1S/C16H24N4O2S/c1-10(2)22-16(21)19-6-5-13-14(9-19)23-15(18-13)20-11-3-4-12(20)8-17-7-11/h10-12,17H,3-9H2,1-2H3. The number of nitrogens with zero attached hydrogens (tertiary/aromatic N) is 3. The number of carbonyl (C=O) groups is 1. The molecule has 2 unspecified atom stereocenters. The van der Waals surface area contributed by atoms with Gasteiger partial charge in [0.05, 0.1) is 18.3 Å². The average molecular weight is 336 g/mol. The summed E-state index contributed by atoms with van der Waals surface area (Å²) in [7, 11) is 0. The lowest BCUT2D eigenvalue weighted by Crippen LogP contribution is -2.51. The third-order valence-corrected chi connectivity index (χ3v) is 6.01. The molecule has 2 atom stereocenters. The topological polar surface area (TPSA) is 57.7 Å². The van der Waals surface area contributed by atoms with E-state index in [-0.39, 0.29) is 12.2 Å². The molecule has 126 valence electrons. The number of aromatic nitrogens is 1. The molecule has 1 N–H and O–H groups in total. The first-order valence-electron chi connectivity index (χ1n) is 8.55. The molecule has 2 saturated heterocycles. The fourth-order valence-electron chi connectivity index (χ4n) is 3.82. The number of rotatable bonds is 2. The molecule has 0 radical (unpaired) electrons. The van der Waals surface area contributed by atoms with E-state index in [9.17, 15) is 4.79 Å². The van der Waals surface area contributed by atoms with Crippen LogP contribution in [-0.2, 0) is 17.7 Å². The first kappa shape index (κ1) is 15.2. The van der Waals surface area contributed by atoms with Crippen molar-refractivity contribution < 1.29 is 9.53 Å². The molecule has 3 aliphatic heterocycles.